The number of hydrogen-bond acceptors (Lipinski definition) is 5. The molecule has 0 unspecified atom stereocenters. The molecule has 0 bridgehead atoms. The normalized spacial score (nSPS) is 10.4. The van der Waals surface area contributed by atoms with Crippen molar-refractivity contribution in [3.63, 3.8) is 0 Å². The van der Waals surface area contributed by atoms with E-state index in [-0.39, 0.29) is 18.3 Å². The van der Waals surface area contributed by atoms with Crippen LogP contribution in [-0.4, -0.2) is 27.5 Å². The number of halogens is 1. The van der Waals surface area contributed by atoms with Crippen LogP contribution in [0.5, 0.6) is 5.88 Å². The number of carbonyl (C=O) groups is 1. The average Bonchev–Trinajstić information content (AvgIpc) is 2.68. The fourth-order valence-corrected chi connectivity index (χ4v) is 2.35. The lowest BCUT2D eigenvalue weighted by molar-refractivity contribution is 0.0945. The summed E-state index contributed by atoms with van der Waals surface area (Å²) in [6.07, 6.45) is 2.98. The lowest BCUT2D eigenvalue weighted by Crippen LogP contribution is -2.24. The molecule has 0 aliphatic carbocycles. The van der Waals surface area contributed by atoms with E-state index < -0.39 is 0 Å². The van der Waals surface area contributed by atoms with E-state index >= 15 is 0 Å². The number of ether oxygens (including phenoxy) is 1. The number of amides is 1. The van der Waals surface area contributed by atoms with Gasteiger partial charge in [-0.3, -0.25) is 4.79 Å². The SMILES string of the molecule is CCOc1ncccc1C(=O)NCc1cc(-c2ccc(F)cc2)ncn1. The molecule has 7 heteroatoms. The zero-order chi connectivity index (χ0) is 18.4. The second-order valence-corrected chi connectivity index (χ2v) is 5.37. The fraction of sp³-hybridized carbons (Fsp3) is 0.158. The molecule has 1 aromatic carbocycles. The van der Waals surface area contributed by atoms with Crippen LogP contribution in [0, 0.1) is 5.82 Å². The summed E-state index contributed by atoms with van der Waals surface area (Å²) < 4.78 is 18.4. The Bertz CT molecular complexity index is 900. The molecule has 0 fully saturated rings. The minimum atomic E-state index is -0.308. The molecule has 6 nitrogen and oxygen atoms in total. The van der Waals surface area contributed by atoms with Gasteiger partial charge in [-0.15, -0.1) is 0 Å². The molecule has 0 aliphatic heterocycles. The summed E-state index contributed by atoms with van der Waals surface area (Å²) in [5.74, 6) is -0.317. The maximum Gasteiger partial charge on any atom is 0.257 e. The molecule has 0 saturated heterocycles. The van der Waals surface area contributed by atoms with Gasteiger partial charge in [0.2, 0.25) is 5.88 Å². The van der Waals surface area contributed by atoms with E-state index in [9.17, 15) is 9.18 Å². The Balaban J connectivity index is 1.71. The smallest absolute Gasteiger partial charge is 0.257 e. The van der Waals surface area contributed by atoms with Crippen LogP contribution in [0.4, 0.5) is 4.39 Å². The highest BCUT2D eigenvalue weighted by molar-refractivity contribution is 5.96. The van der Waals surface area contributed by atoms with Crippen LogP contribution in [-0.2, 0) is 6.54 Å². The number of aromatic nitrogens is 3. The molecular formula is C19H17FN4O2. The van der Waals surface area contributed by atoms with E-state index in [1.807, 2.05) is 6.92 Å². The molecule has 0 atom stereocenters. The number of nitrogens with zero attached hydrogens (tertiary/aromatic N) is 3. The number of hydrogen-bond donors (Lipinski definition) is 1. The molecule has 0 aliphatic rings. The Labute approximate surface area is 150 Å². The third-order valence-electron chi connectivity index (χ3n) is 3.59. The van der Waals surface area contributed by atoms with Gasteiger partial charge in [-0.1, -0.05) is 0 Å². The minimum Gasteiger partial charge on any atom is -0.477 e. The van der Waals surface area contributed by atoms with Gasteiger partial charge in [0.25, 0.3) is 5.91 Å². The first-order valence-corrected chi connectivity index (χ1v) is 8.10. The molecule has 2 aromatic heterocycles. The summed E-state index contributed by atoms with van der Waals surface area (Å²) in [4.78, 5) is 24.8. The maximum atomic E-state index is 13.0. The van der Waals surface area contributed by atoms with Gasteiger partial charge in [0, 0.05) is 11.8 Å². The summed E-state index contributed by atoms with van der Waals surface area (Å²) in [6, 6.07) is 11.1. The van der Waals surface area contributed by atoms with Crippen LogP contribution in [0.15, 0.2) is 55.0 Å². The summed E-state index contributed by atoms with van der Waals surface area (Å²) in [5.41, 5.74) is 2.42. The van der Waals surface area contributed by atoms with Crippen molar-refractivity contribution in [1.82, 2.24) is 20.3 Å². The third kappa shape index (κ3) is 4.18. The van der Waals surface area contributed by atoms with Crippen molar-refractivity contribution in [2.45, 2.75) is 13.5 Å². The lowest BCUT2D eigenvalue weighted by Gasteiger charge is -2.09. The highest BCUT2D eigenvalue weighted by Crippen LogP contribution is 2.18. The first-order valence-electron chi connectivity index (χ1n) is 8.10. The quantitative estimate of drug-likeness (QED) is 0.738. The van der Waals surface area contributed by atoms with Crippen LogP contribution >= 0.6 is 0 Å². The van der Waals surface area contributed by atoms with Crippen LogP contribution in [0.25, 0.3) is 11.3 Å². The van der Waals surface area contributed by atoms with Crippen molar-refractivity contribution in [3.05, 3.63) is 72.1 Å². The van der Waals surface area contributed by atoms with Crippen molar-refractivity contribution in [2.24, 2.45) is 0 Å². The van der Waals surface area contributed by atoms with Crippen LogP contribution in [0.2, 0.25) is 0 Å². The van der Waals surface area contributed by atoms with E-state index in [0.717, 1.165) is 5.56 Å². The molecule has 0 spiro atoms. The summed E-state index contributed by atoms with van der Waals surface area (Å²) in [6.45, 7) is 2.47. The second-order valence-electron chi connectivity index (χ2n) is 5.37. The second kappa shape index (κ2) is 8.15. The van der Waals surface area contributed by atoms with Gasteiger partial charge >= 0.3 is 0 Å². The molecule has 0 saturated carbocycles. The number of nitrogens with one attached hydrogen (secondary N) is 1. The van der Waals surface area contributed by atoms with Gasteiger partial charge in [-0.2, -0.15) is 0 Å². The zero-order valence-corrected chi connectivity index (χ0v) is 14.1. The molecule has 2 heterocycles. The number of carbonyl (C=O) groups excluding carboxylic acids is 1. The number of benzene rings is 1. The lowest BCUT2D eigenvalue weighted by atomic mass is 10.1. The molecule has 3 aromatic rings. The first kappa shape index (κ1) is 17.5. The standard InChI is InChI=1S/C19H17FN4O2/c1-2-26-19-16(4-3-9-21-19)18(25)22-11-15-10-17(24-12-23-15)13-5-7-14(20)8-6-13/h3-10,12H,2,11H2,1H3,(H,22,25). The Morgan fingerprint density at radius 1 is 1.15 bits per heavy atom. The molecule has 26 heavy (non-hydrogen) atoms. The third-order valence-corrected chi connectivity index (χ3v) is 3.59. The van der Waals surface area contributed by atoms with E-state index in [1.54, 1.807) is 36.5 Å². The van der Waals surface area contributed by atoms with Gasteiger partial charge in [0.15, 0.2) is 0 Å². The average molecular weight is 352 g/mol. The Morgan fingerprint density at radius 2 is 1.96 bits per heavy atom. The predicted octanol–water partition coefficient (Wildman–Crippen LogP) is 3.01. The van der Waals surface area contributed by atoms with Crippen LogP contribution in [0.3, 0.4) is 0 Å². The van der Waals surface area contributed by atoms with E-state index in [1.165, 1.54) is 18.5 Å². The Morgan fingerprint density at radius 3 is 2.73 bits per heavy atom. The summed E-state index contributed by atoms with van der Waals surface area (Å²) in [7, 11) is 0. The highest BCUT2D eigenvalue weighted by atomic mass is 19.1. The number of pyridine rings is 1. The zero-order valence-electron chi connectivity index (χ0n) is 14.1. The Hall–Kier alpha value is -3.35. The topological polar surface area (TPSA) is 77.0 Å². The van der Waals surface area contributed by atoms with E-state index in [4.69, 9.17) is 4.74 Å². The fourth-order valence-electron chi connectivity index (χ4n) is 2.35. The predicted molar refractivity (Wildman–Crippen MR) is 94.0 cm³/mol. The first-order chi connectivity index (χ1) is 12.7. The van der Waals surface area contributed by atoms with Gasteiger partial charge in [0.05, 0.1) is 24.5 Å². The van der Waals surface area contributed by atoms with Crippen molar-refractivity contribution < 1.29 is 13.9 Å². The molecule has 1 amide bonds. The molecule has 0 radical (unpaired) electrons. The molecule has 3 rings (SSSR count). The largest absolute Gasteiger partial charge is 0.477 e. The van der Waals surface area contributed by atoms with Crippen LogP contribution in [0.1, 0.15) is 23.0 Å². The highest BCUT2D eigenvalue weighted by Gasteiger charge is 2.13. The van der Waals surface area contributed by atoms with Gasteiger partial charge < -0.3 is 10.1 Å². The molecular weight excluding hydrogens is 335 g/mol. The summed E-state index contributed by atoms with van der Waals surface area (Å²) in [5, 5.41) is 2.79. The van der Waals surface area contributed by atoms with Crippen LogP contribution < -0.4 is 10.1 Å². The maximum absolute atomic E-state index is 13.0. The van der Waals surface area contributed by atoms with E-state index in [0.29, 0.717) is 29.4 Å². The van der Waals surface area contributed by atoms with Crippen molar-refractivity contribution in [2.75, 3.05) is 6.61 Å². The van der Waals surface area contributed by atoms with Crippen molar-refractivity contribution >= 4 is 5.91 Å². The molecule has 1 N–H and O–H groups in total. The van der Waals surface area contributed by atoms with Gasteiger partial charge in [-0.25, -0.2) is 19.3 Å². The molecule has 132 valence electrons. The van der Waals surface area contributed by atoms with Crippen molar-refractivity contribution in [1.29, 1.82) is 0 Å². The Kier molecular flexibility index (Phi) is 5.48. The monoisotopic (exact) mass is 352 g/mol. The van der Waals surface area contributed by atoms with Crippen molar-refractivity contribution in [3.8, 4) is 17.1 Å². The summed E-state index contributed by atoms with van der Waals surface area (Å²) >= 11 is 0. The van der Waals surface area contributed by atoms with Gasteiger partial charge in [-0.05, 0) is 49.4 Å². The van der Waals surface area contributed by atoms with E-state index in [2.05, 4.69) is 20.3 Å². The number of rotatable bonds is 6. The van der Waals surface area contributed by atoms with Gasteiger partial charge in [0.1, 0.15) is 17.7 Å². The minimum absolute atomic E-state index is 0.218.